The second-order valence-corrected chi connectivity index (χ2v) is 4.81. The lowest BCUT2D eigenvalue weighted by Gasteiger charge is -2.05. The highest BCUT2D eigenvalue weighted by Crippen LogP contribution is 2.31. The van der Waals surface area contributed by atoms with Crippen molar-refractivity contribution in [1.29, 1.82) is 0 Å². The van der Waals surface area contributed by atoms with E-state index in [1.54, 1.807) is 18.2 Å². The van der Waals surface area contributed by atoms with Gasteiger partial charge in [0.1, 0.15) is 0 Å². The molecule has 2 rings (SSSR count). The zero-order chi connectivity index (χ0) is 12.5. The fourth-order valence-corrected chi connectivity index (χ4v) is 2.48. The summed E-state index contributed by atoms with van der Waals surface area (Å²) in [6.45, 7) is -0.180. The summed E-state index contributed by atoms with van der Waals surface area (Å²) in [7, 11) is 0. The van der Waals surface area contributed by atoms with Gasteiger partial charge in [0.15, 0.2) is 5.13 Å². The van der Waals surface area contributed by atoms with Crippen molar-refractivity contribution in [2.75, 3.05) is 11.9 Å². The van der Waals surface area contributed by atoms with Gasteiger partial charge < -0.3 is 5.32 Å². The summed E-state index contributed by atoms with van der Waals surface area (Å²) in [6.07, 6.45) is -5.03. The molecule has 0 fully saturated rings. The molecule has 0 unspecified atom stereocenters. The summed E-state index contributed by atoms with van der Waals surface area (Å²) in [5.41, 5.74) is 0.692. The second-order valence-electron chi connectivity index (χ2n) is 3.40. The zero-order valence-electron chi connectivity index (χ0n) is 8.51. The van der Waals surface area contributed by atoms with Gasteiger partial charge in [-0.2, -0.15) is 13.2 Å². The Morgan fingerprint density at radius 1 is 1.35 bits per heavy atom. The first-order chi connectivity index (χ1) is 7.96. The van der Waals surface area contributed by atoms with E-state index in [1.807, 2.05) is 0 Å². The Morgan fingerprint density at radius 3 is 2.76 bits per heavy atom. The van der Waals surface area contributed by atoms with Gasteiger partial charge in [-0.05, 0) is 12.1 Å². The fourth-order valence-electron chi connectivity index (χ4n) is 1.30. The lowest BCUT2D eigenvalue weighted by Crippen LogP contribution is -2.14. The molecule has 0 amide bonds. The molecular weight excluding hydrogens is 273 g/mol. The summed E-state index contributed by atoms with van der Waals surface area (Å²) in [6, 6.07) is 5.25. The van der Waals surface area contributed by atoms with Gasteiger partial charge >= 0.3 is 6.18 Å². The summed E-state index contributed by atoms with van der Waals surface area (Å²) >= 11 is 7.19. The summed E-state index contributed by atoms with van der Waals surface area (Å²) in [4.78, 5) is 4.15. The van der Waals surface area contributed by atoms with E-state index in [0.29, 0.717) is 15.7 Å². The highest BCUT2D eigenvalue weighted by atomic mass is 35.5. The molecule has 1 N–H and O–H groups in total. The average Bonchev–Trinajstić information content (AvgIpc) is 2.60. The second kappa shape index (κ2) is 4.70. The van der Waals surface area contributed by atoms with E-state index in [2.05, 4.69) is 10.3 Å². The van der Waals surface area contributed by atoms with Crippen LogP contribution in [0.15, 0.2) is 18.2 Å². The molecule has 1 aromatic carbocycles. The van der Waals surface area contributed by atoms with Crippen LogP contribution in [0.1, 0.15) is 6.42 Å². The minimum atomic E-state index is -4.15. The van der Waals surface area contributed by atoms with Crippen molar-refractivity contribution in [3.05, 3.63) is 23.2 Å². The Labute approximate surface area is 104 Å². The molecule has 0 aliphatic heterocycles. The van der Waals surface area contributed by atoms with Gasteiger partial charge in [0, 0.05) is 6.54 Å². The van der Waals surface area contributed by atoms with Crippen LogP contribution in [0.4, 0.5) is 18.3 Å². The number of hydrogen-bond acceptors (Lipinski definition) is 3. The lowest BCUT2D eigenvalue weighted by molar-refractivity contribution is -0.131. The Morgan fingerprint density at radius 2 is 2.12 bits per heavy atom. The van der Waals surface area contributed by atoms with Gasteiger partial charge in [-0.1, -0.05) is 29.0 Å². The molecule has 0 saturated carbocycles. The number of rotatable bonds is 3. The van der Waals surface area contributed by atoms with Gasteiger partial charge in [-0.3, -0.25) is 0 Å². The van der Waals surface area contributed by atoms with Crippen molar-refractivity contribution >= 4 is 38.3 Å². The first-order valence-electron chi connectivity index (χ1n) is 4.81. The number of thiazole rings is 1. The number of aromatic nitrogens is 1. The van der Waals surface area contributed by atoms with E-state index in [4.69, 9.17) is 11.6 Å². The quantitative estimate of drug-likeness (QED) is 0.906. The number of halogens is 4. The number of benzene rings is 1. The van der Waals surface area contributed by atoms with Crippen LogP contribution in [0, 0.1) is 0 Å². The van der Waals surface area contributed by atoms with Crippen molar-refractivity contribution in [3.63, 3.8) is 0 Å². The first-order valence-corrected chi connectivity index (χ1v) is 6.01. The van der Waals surface area contributed by atoms with Crippen LogP contribution in [0.3, 0.4) is 0 Å². The van der Waals surface area contributed by atoms with Crippen molar-refractivity contribution in [2.45, 2.75) is 12.6 Å². The molecule has 7 heteroatoms. The van der Waals surface area contributed by atoms with Crippen LogP contribution in [0.2, 0.25) is 5.02 Å². The maximum Gasteiger partial charge on any atom is 0.390 e. The molecule has 92 valence electrons. The summed E-state index contributed by atoms with van der Waals surface area (Å²) < 4.78 is 36.6. The molecule has 17 heavy (non-hydrogen) atoms. The standard InChI is InChI=1S/C10H8ClF3N2S/c11-6-2-1-3-7-8(6)17-9(16-7)15-5-4-10(12,13)14/h1-3H,4-5H2,(H,15,16). The Hall–Kier alpha value is -1.01. The largest absolute Gasteiger partial charge is 0.390 e. The number of anilines is 1. The molecular formula is C10H8ClF3N2S. The van der Waals surface area contributed by atoms with E-state index < -0.39 is 12.6 Å². The summed E-state index contributed by atoms with van der Waals surface area (Å²) in [5.74, 6) is 0. The minimum absolute atomic E-state index is 0.180. The molecule has 0 atom stereocenters. The number of fused-ring (bicyclic) bond motifs is 1. The molecule has 0 spiro atoms. The number of hydrogen-bond donors (Lipinski definition) is 1. The molecule has 2 nitrogen and oxygen atoms in total. The maximum absolute atomic E-state index is 11.9. The Kier molecular flexibility index (Phi) is 3.44. The highest BCUT2D eigenvalue weighted by Gasteiger charge is 2.26. The third-order valence-electron chi connectivity index (χ3n) is 2.05. The third-order valence-corrected chi connectivity index (χ3v) is 3.54. The normalized spacial score (nSPS) is 12.0. The number of nitrogens with zero attached hydrogens (tertiary/aromatic N) is 1. The van der Waals surface area contributed by atoms with Crippen LogP contribution in [0.5, 0.6) is 0 Å². The third kappa shape index (κ3) is 3.23. The maximum atomic E-state index is 11.9. The molecule has 0 radical (unpaired) electrons. The van der Waals surface area contributed by atoms with Crippen LogP contribution in [-0.4, -0.2) is 17.7 Å². The minimum Gasteiger partial charge on any atom is -0.361 e. The van der Waals surface area contributed by atoms with Gasteiger partial charge in [-0.15, -0.1) is 0 Å². The molecule has 0 aliphatic rings. The molecule has 1 aromatic heterocycles. The van der Waals surface area contributed by atoms with Crippen molar-refractivity contribution < 1.29 is 13.2 Å². The van der Waals surface area contributed by atoms with Gasteiger partial charge in [0.2, 0.25) is 0 Å². The van der Waals surface area contributed by atoms with Crippen molar-refractivity contribution in [3.8, 4) is 0 Å². The van der Waals surface area contributed by atoms with E-state index >= 15 is 0 Å². The Balaban J connectivity index is 2.07. The van der Waals surface area contributed by atoms with Gasteiger partial charge in [0.25, 0.3) is 0 Å². The lowest BCUT2D eigenvalue weighted by atomic mass is 10.3. The van der Waals surface area contributed by atoms with Crippen LogP contribution in [0.25, 0.3) is 10.2 Å². The van der Waals surface area contributed by atoms with E-state index in [9.17, 15) is 13.2 Å². The summed E-state index contributed by atoms with van der Waals surface area (Å²) in [5, 5.41) is 3.66. The molecule has 0 saturated heterocycles. The first kappa shape index (κ1) is 12.4. The van der Waals surface area contributed by atoms with E-state index in [-0.39, 0.29) is 6.54 Å². The molecule has 2 aromatic rings. The highest BCUT2D eigenvalue weighted by molar-refractivity contribution is 7.22. The molecule has 0 bridgehead atoms. The average molecular weight is 281 g/mol. The SMILES string of the molecule is FC(F)(F)CCNc1nc2cccc(Cl)c2s1. The van der Waals surface area contributed by atoms with E-state index in [0.717, 1.165) is 4.70 Å². The zero-order valence-corrected chi connectivity index (χ0v) is 10.1. The molecule has 1 heterocycles. The van der Waals surface area contributed by atoms with Crippen LogP contribution >= 0.6 is 22.9 Å². The van der Waals surface area contributed by atoms with E-state index in [1.165, 1.54) is 11.3 Å². The van der Waals surface area contributed by atoms with Crippen LogP contribution < -0.4 is 5.32 Å². The number of alkyl halides is 3. The van der Waals surface area contributed by atoms with Crippen molar-refractivity contribution in [1.82, 2.24) is 4.98 Å². The molecule has 0 aliphatic carbocycles. The predicted molar refractivity (Wildman–Crippen MR) is 63.8 cm³/mol. The Bertz CT molecular complexity index is 524. The number of nitrogens with one attached hydrogen (secondary N) is 1. The smallest absolute Gasteiger partial charge is 0.361 e. The topological polar surface area (TPSA) is 24.9 Å². The fraction of sp³-hybridized carbons (Fsp3) is 0.300. The van der Waals surface area contributed by atoms with Gasteiger partial charge in [0.05, 0.1) is 21.7 Å². The van der Waals surface area contributed by atoms with Crippen molar-refractivity contribution in [2.24, 2.45) is 0 Å². The van der Waals surface area contributed by atoms with Crippen LogP contribution in [-0.2, 0) is 0 Å². The predicted octanol–water partition coefficient (Wildman–Crippen LogP) is 4.31. The van der Waals surface area contributed by atoms with Gasteiger partial charge in [-0.25, -0.2) is 4.98 Å². The monoisotopic (exact) mass is 280 g/mol.